The number of carboxylic acid groups (broad SMARTS) is 1. The highest BCUT2D eigenvalue weighted by molar-refractivity contribution is 7.17. The Hall–Kier alpha value is -2.25. The van der Waals surface area contributed by atoms with E-state index in [1.165, 1.54) is 23.5 Å². The van der Waals surface area contributed by atoms with E-state index in [4.69, 9.17) is 9.84 Å². The standard InChI is InChI=1S/C18H18FNO4S/c19-13-3-1-12(2-4-13)14-5-6-15(25-14)17(23)20-18(11-16(21)22)7-9-24-10-8-18/h1-6H,7-11H2,(H,20,23)(H,21,22). The third-order valence-corrected chi connectivity index (χ3v) is 5.41. The van der Waals surface area contributed by atoms with E-state index in [0.717, 1.165) is 10.4 Å². The van der Waals surface area contributed by atoms with Gasteiger partial charge in [-0.15, -0.1) is 11.3 Å². The third-order valence-electron chi connectivity index (χ3n) is 4.28. The Morgan fingerprint density at radius 3 is 2.48 bits per heavy atom. The van der Waals surface area contributed by atoms with E-state index in [-0.39, 0.29) is 18.1 Å². The van der Waals surface area contributed by atoms with Crippen LogP contribution in [0.1, 0.15) is 28.9 Å². The van der Waals surface area contributed by atoms with Crippen molar-refractivity contribution >= 4 is 23.2 Å². The summed E-state index contributed by atoms with van der Waals surface area (Å²) in [5.74, 6) is -1.55. The summed E-state index contributed by atoms with van der Waals surface area (Å²) in [6.07, 6.45) is 0.820. The second-order valence-electron chi connectivity index (χ2n) is 6.09. The second kappa shape index (κ2) is 7.33. The number of aliphatic carboxylic acids is 1. The van der Waals surface area contributed by atoms with Crippen molar-refractivity contribution in [3.63, 3.8) is 0 Å². The first-order valence-corrected chi connectivity index (χ1v) is 8.77. The largest absolute Gasteiger partial charge is 0.481 e. The number of ether oxygens (including phenoxy) is 1. The van der Waals surface area contributed by atoms with Crippen molar-refractivity contribution < 1.29 is 23.8 Å². The zero-order chi connectivity index (χ0) is 17.9. The third kappa shape index (κ3) is 4.24. The van der Waals surface area contributed by atoms with Crippen molar-refractivity contribution in [1.82, 2.24) is 5.32 Å². The summed E-state index contributed by atoms with van der Waals surface area (Å²) in [5.41, 5.74) is 0.0537. The van der Waals surface area contributed by atoms with Crippen LogP contribution in [0.4, 0.5) is 4.39 Å². The van der Waals surface area contributed by atoms with Crippen molar-refractivity contribution in [2.45, 2.75) is 24.8 Å². The van der Waals surface area contributed by atoms with Gasteiger partial charge in [-0.2, -0.15) is 0 Å². The lowest BCUT2D eigenvalue weighted by Gasteiger charge is -2.36. The van der Waals surface area contributed by atoms with Crippen molar-refractivity contribution in [2.75, 3.05) is 13.2 Å². The van der Waals surface area contributed by atoms with Crippen LogP contribution in [0.15, 0.2) is 36.4 Å². The number of carbonyl (C=O) groups is 2. The lowest BCUT2D eigenvalue weighted by atomic mass is 9.86. The zero-order valence-corrected chi connectivity index (χ0v) is 14.3. The Morgan fingerprint density at radius 1 is 1.16 bits per heavy atom. The van der Waals surface area contributed by atoms with Crippen LogP contribution in [-0.4, -0.2) is 35.7 Å². The molecule has 2 N–H and O–H groups in total. The smallest absolute Gasteiger partial charge is 0.305 e. The molecule has 0 atom stereocenters. The summed E-state index contributed by atoms with van der Waals surface area (Å²) >= 11 is 1.29. The summed E-state index contributed by atoms with van der Waals surface area (Å²) in [4.78, 5) is 25.1. The van der Waals surface area contributed by atoms with Gasteiger partial charge in [0.2, 0.25) is 0 Å². The van der Waals surface area contributed by atoms with E-state index in [1.54, 1.807) is 24.3 Å². The number of hydrogen-bond acceptors (Lipinski definition) is 4. The van der Waals surface area contributed by atoms with Gasteiger partial charge in [-0.1, -0.05) is 12.1 Å². The second-order valence-corrected chi connectivity index (χ2v) is 7.17. The van der Waals surface area contributed by atoms with Gasteiger partial charge in [0.15, 0.2) is 0 Å². The molecule has 0 aliphatic carbocycles. The molecule has 5 nitrogen and oxygen atoms in total. The minimum atomic E-state index is -0.944. The van der Waals surface area contributed by atoms with Crippen molar-refractivity contribution in [1.29, 1.82) is 0 Å². The number of amides is 1. The number of rotatable bonds is 5. The van der Waals surface area contributed by atoms with Crippen LogP contribution in [-0.2, 0) is 9.53 Å². The highest BCUT2D eigenvalue weighted by Gasteiger charge is 2.36. The molecule has 1 amide bonds. The minimum Gasteiger partial charge on any atom is -0.481 e. The highest BCUT2D eigenvalue weighted by atomic mass is 32.1. The van der Waals surface area contributed by atoms with Crippen molar-refractivity contribution in [3.05, 3.63) is 47.1 Å². The van der Waals surface area contributed by atoms with Gasteiger partial charge in [-0.25, -0.2) is 4.39 Å². The van der Waals surface area contributed by atoms with Crippen LogP contribution < -0.4 is 5.32 Å². The lowest BCUT2D eigenvalue weighted by Crippen LogP contribution is -2.53. The molecule has 25 heavy (non-hydrogen) atoms. The molecule has 1 aliphatic rings. The maximum atomic E-state index is 13.0. The van der Waals surface area contributed by atoms with Gasteiger partial charge in [-0.05, 0) is 42.7 Å². The molecule has 1 aliphatic heterocycles. The molecule has 0 saturated carbocycles. The molecule has 0 unspecified atom stereocenters. The number of thiophene rings is 1. The molecule has 3 rings (SSSR count). The summed E-state index contributed by atoms with van der Waals surface area (Å²) < 4.78 is 18.3. The number of nitrogens with one attached hydrogen (secondary N) is 1. The van der Waals surface area contributed by atoms with Gasteiger partial charge < -0.3 is 15.2 Å². The summed E-state index contributed by atoms with van der Waals surface area (Å²) in [5, 5.41) is 12.1. The van der Waals surface area contributed by atoms with Gasteiger partial charge in [0, 0.05) is 18.1 Å². The topological polar surface area (TPSA) is 75.6 Å². The molecule has 1 aromatic heterocycles. The number of benzene rings is 1. The Balaban J connectivity index is 1.76. The predicted molar refractivity (Wildman–Crippen MR) is 92.2 cm³/mol. The van der Waals surface area contributed by atoms with Gasteiger partial charge >= 0.3 is 5.97 Å². The quantitative estimate of drug-likeness (QED) is 0.855. The van der Waals surface area contributed by atoms with E-state index in [1.807, 2.05) is 0 Å². The van der Waals surface area contributed by atoms with Gasteiger partial charge in [0.05, 0.1) is 16.8 Å². The summed E-state index contributed by atoms with van der Waals surface area (Å²) in [7, 11) is 0. The first-order chi connectivity index (χ1) is 12.0. The summed E-state index contributed by atoms with van der Waals surface area (Å²) in [6, 6.07) is 9.57. The Labute approximate surface area is 148 Å². The molecule has 2 aromatic rings. The minimum absolute atomic E-state index is 0.127. The Kier molecular flexibility index (Phi) is 5.15. The van der Waals surface area contributed by atoms with Gasteiger partial charge in [0.1, 0.15) is 5.82 Å². The molecule has 1 saturated heterocycles. The monoisotopic (exact) mass is 363 g/mol. The van der Waals surface area contributed by atoms with E-state index in [0.29, 0.717) is 30.9 Å². The van der Waals surface area contributed by atoms with Crippen LogP contribution in [0.5, 0.6) is 0 Å². The van der Waals surface area contributed by atoms with E-state index in [2.05, 4.69) is 5.32 Å². The molecular weight excluding hydrogens is 345 g/mol. The van der Waals surface area contributed by atoms with Crippen LogP contribution in [0, 0.1) is 5.82 Å². The fraction of sp³-hybridized carbons (Fsp3) is 0.333. The highest BCUT2D eigenvalue weighted by Crippen LogP contribution is 2.30. The van der Waals surface area contributed by atoms with E-state index < -0.39 is 11.5 Å². The van der Waals surface area contributed by atoms with Gasteiger partial charge in [-0.3, -0.25) is 9.59 Å². The van der Waals surface area contributed by atoms with Crippen molar-refractivity contribution in [3.8, 4) is 10.4 Å². The van der Waals surface area contributed by atoms with Crippen LogP contribution in [0.3, 0.4) is 0 Å². The first kappa shape index (κ1) is 17.6. The summed E-state index contributed by atoms with van der Waals surface area (Å²) in [6.45, 7) is 0.859. The molecule has 132 valence electrons. The average Bonchev–Trinajstić information content (AvgIpc) is 3.05. The zero-order valence-electron chi connectivity index (χ0n) is 13.5. The first-order valence-electron chi connectivity index (χ1n) is 7.95. The molecule has 0 radical (unpaired) electrons. The fourth-order valence-electron chi connectivity index (χ4n) is 2.93. The number of hydrogen-bond donors (Lipinski definition) is 2. The Morgan fingerprint density at radius 2 is 1.84 bits per heavy atom. The van der Waals surface area contributed by atoms with Crippen molar-refractivity contribution in [2.24, 2.45) is 0 Å². The molecule has 7 heteroatoms. The van der Waals surface area contributed by atoms with Crippen LogP contribution >= 0.6 is 11.3 Å². The number of halogens is 1. The van der Waals surface area contributed by atoms with Crippen LogP contribution in [0.25, 0.3) is 10.4 Å². The molecule has 2 heterocycles. The molecule has 1 aromatic carbocycles. The maximum absolute atomic E-state index is 13.0. The predicted octanol–water partition coefficient (Wildman–Crippen LogP) is 3.31. The molecule has 0 bridgehead atoms. The maximum Gasteiger partial charge on any atom is 0.305 e. The van der Waals surface area contributed by atoms with Gasteiger partial charge in [0.25, 0.3) is 5.91 Å². The molecule has 1 fully saturated rings. The average molecular weight is 363 g/mol. The fourth-order valence-corrected chi connectivity index (χ4v) is 3.84. The van der Waals surface area contributed by atoms with E-state index in [9.17, 15) is 14.0 Å². The lowest BCUT2D eigenvalue weighted by molar-refractivity contribution is -0.139. The van der Waals surface area contributed by atoms with Crippen LogP contribution in [0.2, 0.25) is 0 Å². The van der Waals surface area contributed by atoms with E-state index >= 15 is 0 Å². The molecular formula is C18H18FNO4S. The number of carboxylic acids is 1. The SMILES string of the molecule is O=C(O)CC1(NC(=O)c2ccc(-c3ccc(F)cc3)s2)CCOCC1. The molecule has 0 spiro atoms. The normalized spacial score (nSPS) is 16.4. The Bertz CT molecular complexity index is 766. The number of carbonyl (C=O) groups excluding carboxylic acids is 1.